The molecule has 2 rings (SSSR count). The molecule has 0 radical (unpaired) electrons. The van der Waals surface area contributed by atoms with Crippen LogP contribution in [0.3, 0.4) is 0 Å². The van der Waals surface area contributed by atoms with Gasteiger partial charge in [-0.3, -0.25) is 9.58 Å². The molecule has 5 heteroatoms. The van der Waals surface area contributed by atoms with Gasteiger partial charge in [0, 0.05) is 25.7 Å². The van der Waals surface area contributed by atoms with Crippen LogP contribution in [0.15, 0.2) is 0 Å². The van der Waals surface area contributed by atoms with Crippen molar-refractivity contribution in [1.82, 2.24) is 14.7 Å². The van der Waals surface area contributed by atoms with Crippen molar-refractivity contribution in [2.75, 3.05) is 6.54 Å². The number of nitrogens with two attached hydrogens (primary N) is 1. The molecule has 1 saturated carbocycles. The zero-order chi connectivity index (χ0) is 15.4. The fraction of sp³-hybridized carbons (Fsp3) is 0.812. The lowest BCUT2D eigenvalue weighted by Gasteiger charge is -2.36. The van der Waals surface area contributed by atoms with Gasteiger partial charge in [-0.05, 0) is 45.1 Å². The molecule has 1 fully saturated rings. The van der Waals surface area contributed by atoms with Gasteiger partial charge >= 0.3 is 0 Å². The number of aryl methyl sites for hydroxylation is 2. The molecular weight excluding hydrogens is 284 g/mol. The summed E-state index contributed by atoms with van der Waals surface area (Å²) in [7, 11) is 2.00. The van der Waals surface area contributed by atoms with E-state index < -0.39 is 0 Å². The van der Waals surface area contributed by atoms with Gasteiger partial charge in [0.25, 0.3) is 0 Å². The van der Waals surface area contributed by atoms with Crippen molar-refractivity contribution in [2.45, 2.75) is 71.0 Å². The van der Waals surface area contributed by atoms with Gasteiger partial charge < -0.3 is 5.73 Å². The number of hydrogen-bond donors (Lipinski definition) is 1. The van der Waals surface area contributed by atoms with Gasteiger partial charge in [-0.15, -0.1) is 0 Å². The average molecular weight is 313 g/mol. The molecular formula is C16H29ClN4. The Bertz CT molecular complexity index is 449. The van der Waals surface area contributed by atoms with Crippen LogP contribution < -0.4 is 5.73 Å². The van der Waals surface area contributed by atoms with Crippen molar-refractivity contribution in [1.29, 1.82) is 0 Å². The minimum atomic E-state index is 0.400. The van der Waals surface area contributed by atoms with Crippen LogP contribution in [-0.2, 0) is 20.0 Å². The molecule has 0 bridgehead atoms. The van der Waals surface area contributed by atoms with Gasteiger partial charge in [0.1, 0.15) is 0 Å². The lowest BCUT2D eigenvalue weighted by atomic mass is 9.90. The lowest BCUT2D eigenvalue weighted by molar-refractivity contribution is 0.139. The van der Waals surface area contributed by atoms with Gasteiger partial charge in [0.15, 0.2) is 0 Å². The van der Waals surface area contributed by atoms with Crippen molar-refractivity contribution in [3.8, 4) is 0 Å². The maximum absolute atomic E-state index is 6.51. The maximum Gasteiger partial charge on any atom is 0.0863 e. The molecule has 0 saturated heterocycles. The summed E-state index contributed by atoms with van der Waals surface area (Å²) in [6.45, 7) is 6.35. The molecule has 1 heterocycles. The molecule has 0 aliphatic heterocycles. The van der Waals surface area contributed by atoms with Crippen LogP contribution in [0.4, 0.5) is 0 Å². The third kappa shape index (κ3) is 3.99. The maximum atomic E-state index is 6.51. The minimum Gasteiger partial charge on any atom is -0.328 e. The smallest absolute Gasteiger partial charge is 0.0863 e. The Labute approximate surface area is 133 Å². The summed E-state index contributed by atoms with van der Waals surface area (Å²) in [5, 5.41) is 5.39. The molecule has 120 valence electrons. The molecule has 2 N–H and O–H groups in total. The zero-order valence-corrected chi connectivity index (χ0v) is 14.4. The standard InChI is InChI=1S/C16H29ClN4/c1-4-10-21(13-8-6-12(18)7-9-13)11-15-16(17)14(5-2)19-20(15)3/h12-13H,4-11,18H2,1-3H3. The summed E-state index contributed by atoms with van der Waals surface area (Å²) in [4.78, 5) is 2.58. The van der Waals surface area contributed by atoms with Crippen LogP contribution in [0, 0.1) is 0 Å². The van der Waals surface area contributed by atoms with Gasteiger partial charge in [0.05, 0.1) is 16.4 Å². The Hall–Kier alpha value is -0.580. The van der Waals surface area contributed by atoms with E-state index >= 15 is 0 Å². The van der Waals surface area contributed by atoms with E-state index in [2.05, 4.69) is 23.8 Å². The molecule has 0 amide bonds. The highest BCUT2D eigenvalue weighted by Crippen LogP contribution is 2.27. The Kier molecular flexibility index (Phi) is 6.08. The summed E-state index contributed by atoms with van der Waals surface area (Å²) in [6, 6.07) is 1.04. The van der Waals surface area contributed by atoms with Crippen LogP contribution >= 0.6 is 11.6 Å². The lowest BCUT2D eigenvalue weighted by Crippen LogP contribution is -2.41. The summed E-state index contributed by atoms with van der Waals surface area (Å²) in [6.07, 6.45) is 6.75. The Balaban J connectivity index is 2.11. The van der Waals surface area contributed by atoms with E-state index in [1.807, 2.05) is 11.7 Å². The van der Waals surface area contributed by atoms with Crippen molar-refractivity contribution < 1.29 is 0 Å². The fourth-order valence-corrected chi connectivity index (χ4v) is 3.68. The van der Waals surface area contributed by atoms with E-state index in [4.69, 9.17) is 17.3 Å². The van der Waals surface area contributed by atoms with Gasteiger partial charge in [-0.1, -0.05) is 25.4 Å². The second-order valence-corrected chi connectivity index (χ2v) is 6.60. The second kappa shape index (κ2) is 7.61. The predicted octanol–water partition coefficient (Wildman–Crippen LogP) is 3.12. The second-order valence-electron chi connectivity index (χ2n) is 6.22. The number of nitrogens with zero attached hydrogens (tertiary/aromatic N) is 3. The zero-order valence-electron chi connectivity index (χ0n) is 13.6. The fourth-order valence-electron chi connectivity index (χ4n) is 3.33. The van der Waals surface area contributed by atoms with E-state index in [-0.39, 0.29) is 0 Å². The van der Waals surface area contributed by atoms with Gasteiger partial charge in [0.2, 0.25) is 0 Å². The third-order valence-electron chi connectivity index (χ3n) is 4.62. The highest BCUT2D eigenvalue weighted by atomic mass is 35.5. The highest BCUT2D eigenvalue weighted by Gasteiger charge is 2.25. The van der Waals surface area contributed by atoms with Crippen molar-refractivity contribution in [3.05, 3.63) is 16.4 Å². The molecule has 4 nitrogen and oxygen atoms in total. The highest BCUT2D eigenvalue weighted by molar-refractivity contribution is 6.31. The monoisotopic (exact) mass is 312 g/mol. The van der Waals surface area contributed by atoms with Crippen LogP contribution in [0.5, 0.6) is 0 Å². The van der Waals surface area contributed by atoms with E-state index in [0.717, 1.165) is 48.8 Å². The predicted molar refractivity (Wildman–Crippen MR) is 88.5 cm³/mol. The van der Waals surface area contributed by atoms with Crippen LogP contribution in [0.1, 0.15) is 57.3 Å². The Morgan fingerprint density at radius 2 is 1.95 bits per heavy atom. The Morgan fingerprint density at radius 1 is 1.29 bits per heavy atom. The summed E-state index contributed by atoms with van der Waals surface area (Å²) < 4.78 is 1.96. The topological polar surface area (TPSA) is 47.1 Å². The van der Waals surface area contributed by atoms with Crippen LogP contribution in [0.2, 0.25) is 5.02 Å². The molecule has 1 aliphatic carbocycles. The molecule has 1 aromatic rings. The van der Waals surface area contributed by atoms with Crippen LogP contribution in [0.25, 0.3) is 0 Å². The quantitative estimate of drug-likeness (QED) is 0.878. The number of halogens is 1. The van der Waals surface area contributed by atoms with Crippen molar-refractivity contribution >= 4 is 11.6 Å². The van der Waals surface area contributed by atoms with Crippen molar-refractivity contribution in [2.24, 2.45) is 12.8 Å². The molecule has 21 heavy (non-hydrogen) atoms. The first-order valence-electron chi connectivity index (χ1n) is 8.26. The van der Waals surface area contributed by atoms with Gasteiger partial charge in [-0.25, -0.2) is 0 Å². The van der Waals surface area contributed by atoms with Gasteiger partial charge in [-0.2, -0.15) is 5.10 Å². The number of aromatic nitrogens is 2. The summed E-state index contributed by atoms with van der Waals surface area (Å²) >= 11 is 6.51. The Morgan fingerprint density at radius 3 is 2.48 bits per heavy atom. The normalized spacial score (nSPS) is 23.0. The SMILES string of the molecule is CCCN(Cc1c(Cl)c(CC)nn1C)C1CCC(N)CC1. The van der Waals surface area contributed by atoms with E-state index in [0.29, 0.717) is 12.1 Å². The molecule has 1 aromatic heterocycles. The van der Waals surface area contributed by atoms with E-state index in [1.165, 1.54) is 19.3 Å². The first-order chi connectivity index (χ1) is 10.1. The minimum absolute atomic E-state index is 0.400. The van der Waals surface area contributed by atoms with Crippen LogP contribution in [-0.4, -0.2) is 33.3 Å². The summed E-state index contributed by atoms with van der Waals surface area (Å²) in [5.74, 6) is 0. The van der Waals surface area contributed by atoms with E-state index in [9.17, 15) is 0 Å². The number of rotatable bonds is 6. The average Bonchev–Trinajstić information content (AvgIpc) is 2.75. The number of hydrogen-bond acceptors (Lipinski definition) is 3. The van der Waals surface area contributed by atoms with E-state index in [1.54, 1.807) is 0 Å². The third-order valence-corrected chi connectivity index (χ3v) is 5.06. The van der Waals surface area contributed by atoms with Crippen molar-refractivity contribution in [3.63, 3.8) is 0 Å². The summed E-state index contributed by atoms with van der Waals surface area (Å²) in [5.41, 5.74) is 8.20. The molecule has 1 aliphatic rings. The molecule has 0 unspecified atom stereocenters. The molecule has 0 spiro atoms. The first kappa shape index (κ1) is 16.8. The molecule has 0 aromatic carbocycles. The first-order valence-corrected chi connectivity index (χ1v) is 8.64. The largest absolute Gasteiger partial charge is 0.328 e. The molecule has 0 atom stereocenters.